The summed E-state index contributed by atoms with van der Waals surface area (Å²) in [6.07, 6.45) is 0. The summed E-state index contributed by atoms with van der Waals surface area (Å²) in [4.78, 5) is 19.5. The van der Waals surface area contributed by atoms with Crippen molar-refractivity contribution in [3.05, 3.63) is 0 Å². The van der Waals surface area contributed by atoms with Crippen molar-refractivity contribution in [3.63, 3.8) is 0 Å². The summed E-state index contributed by atoms with van der Waals surface area (Å²) in [5.74, 6) is -1.91. The van der Waals surface area contributed by atoms with Gasteiger partial charge in [-0.1, -0.05) is 0 Å². The van der Waals surface area contributed by atoms with Crippen LogP contribution in [-0.2, 0) is 51.9 Å². The average Bonchev–Trinajstić information content (AvgIpc) is 2.15. The van der Waals surface area contributed by atoms with Crippen LogP contribution in [0.4, 0.5) is 0 Å². The van der Waals surface area contributed by atoms with Gasteiger partial charge in [0, 0.05) is 0 Å². The Balaban J connectivity index is -0.000000180. The zero-order valence-electron chi connectivity index (χ0n) is 7.55. The first-order valence-electron chi connectivity index (χ1n) is 3.49. The molecule has 0 aliphatic rings. The topological polar surface area (TPSA) is 127 Å². The second-order valence-electron chi connectivity index (χ2n) is 2.22. The number of nitrogens with two attached hydrogens (primary N) is 2. The second kappa shape index (κ2) is 12.2. The van der Waals surface area contributed by atoms with E-state index in [0.717, 1.165) is 0 Å². The summed E-state index contributed by atoms with van der Waals surface area (Å²) >= 11 is 8.69. The average molecular weight is 304 g/mol. The third-order valence-electron chi connectivity index (χ3n) is 0.994. The SMILES string of the molecule is N[C@H](C[S-])C(=O)O.N[C@H](C[S-])C(=O)O.[Cu+2]. The fourth-order valence-corrected chi connectivity index (χ4v) is 0.428. The number of carboxylic acids is 2. The molecule has 0 spiro atoms. The molecule has 0 rings (SSSR count). The smallest absolute Gasteiger partial charge is 0.791 e. The first-order chi connectivity index (χ1) is 6.36. The van der Waals surface area contributed by atoms with Crippen molar-refractivity contribution in [1.82, 2.24) is 0 Å². The van der Waals surface area contributed by atoms with Crippen LogP contribution in [0.25, 0.3) is 0 Å². The fourth-order valence-electron chi connectivity index (χ4n) is 0.143. The van der Waals surface area contributed by atoms with E-state index >= 15 is 0 Å². The van der Waals surface area contributed by atoms with Gasteiger partial charge in [0.25, 0.3) is 0 Å². The van der Waals surface area contributed by atoms with Crippen molar-refractivity contribution in [2.24, 2.45) is 11.5 Å². The molecule has 1 radical (unpaired) electrons. The van der Waals surface area contributed by atoms with Gasteiger partial charge in [-0.05, 0) is 0 Å². The molecule has 15 heavy (non-hydrogen) atoms. The first-order valence-corrected chi connectivity index (χ1v) is 4.65. The fraction of sp³-hybridized carbons (Fsp3) is 0.667. The predicted molar refractivity (Wildman–Crippen MR) is 55.7 cm³/mol. The minimum atomic E-state index is -1.03. The minimum absolute atomic E-state index is 0. The Morgan fingerprint density at radius 1 is 1.00 bits per heavy atom. The third-order valence-corrected chi connectivity index (χ3v) is 1.71. The van der Waals surface area contributed by atoms with E-state index in [1.165, 1.54) is 0 Å². The summed E-state index contributed by atoms with van der Waals surface area (Å²) in [7, 11) is 0. The van der Waals surface area contributed by atoms with Gasteiger partial charge in [0.15, 0.2) is 0 Å². The van der Waals surface area contributed by atoms with Crippen LogP contribution in [0.1, 0.15) is 0 Å². The summed E-state index contributed by atoms with van der Waals surface area (Å²) in [5.41, 5.74) is 9.82. The molecule has 0 saturated carbocycles. The van der Waals surface area contributed by atoms with Crippen molar-refractivity contribution in [2.45, 2.75) is 12.1 Å². The van der Waals surface area contributed by atoms with E-state index < -0.39 is 24.0 Å². The quantitative estimate of drug-likeness (QED) is 0.343. The van der Waals surface area contributed by atoms with Gasteiger partial charge >= 0.3 is 29.0 Å². The van der Waals surface area contributed by atoms with Crippen molar-refractivity contribution < 1.29 is 36.9 Å². The Labute approximate surface area is 109 Å². The molecule has 0 unspecified atom stereocenters. The van der Waals surface area contributed by atoms with Gasteiger partial charge in [-0.2, -0.15) is 11.5 Å². The zero-order valence-corrected chi connectivity index (χ0v) is 10.1. The van der Waals surface area contributed by atoms with E-state index in [4.69, 9.17) is 21.7 Å². The van der Waals surface area contributed by atoms with Gasteiger partial charge in [0.1, 0.15) is 0 Å². The maximum atomic E-state index is 9.74. The van der Waals surface area contributed by atoms with Crippen LogP contribution in [0.3, 0.4) is 0 Å². The Bertz CT molecular complexity index is 176. The molecule has 93 valence electrons. The standard InChI is InChI=1S/2C3H7NO2S.Cu/c2*4-2(1-7)3(5)6;/h2*2,7H,1,4H2,(H,5,6);/q;;+2/p-2/t2*2-;/m11./s1. The Morgan fingerprint density at radius 2 is 1.20 bits per heavy atom. The minimum Gasteiger partial charge on any atom is -0.791 e. The largest absolute Gasteiger partial charge is 2.00 e. The van der Waals surface area contributed by atoms with E-state index in [-0.39, 0.29) is 28.6 Å². The molecule has 0 aliphatic carbocycles. The molecule has 0 saturated heterocycles. The van der Waals surface area contributed by atoms with Crippen molar-refractivity contribution in [1.29, 1.82) is 0 Å². The summed E-state index contributed by atoms with van der Waals surface area (Å²) in [6.45, 7) is 0. The van der Waals surface area contributed by atoms with E-state index in [9.17, 15) is 9.59 Å². The monoisotopic (exact) mass is 303 g/mol. The van der Waals surface area contributed by atoms with Crippen molar-refractivity contribution in [2.75, 3.05) is 11.5 Å². The van der Waals surface area contributed by atoms with E-state index in [2.05, 4.69) is 25.3 Å². The van der Waals surface area contributed by atoms with Gasteiger partial charge in [0.05, 0.1) is 12.1 Å². The number of rotatable bonds is 4. The number of hydrogen-bond donors (Lipinski definition) is 4. The van der Waals surface area contributed by atoms with Gasteiger partial charge in [-0.15, -0.1) is 0 Å². The second-order valence-corrected chi connectivity index (χ2v) is 2.89. The maximum absolute atomic E-state index is 9.74. The molecule has 0 fully saturated rings. The molecule has 0 amide bonds. The molecule has 0 aliphatic heterocycles. The number of carbonyl (C=O) groups is 2. The Hall–Kier alpha value is 0.0795. The molecule has 6 N–H and O–H groups in total. The normalized spacial score (nSPS) is 12.5. The molecule has 0 heterocycles. The molecule has 0 bridgehead atoms. The Morgan fingerprint density at radius 3 is 1.20 bits per heavy atom. The van der Waals surface area contributed by atoms with Gasteiger partial charge in [-0.3, -0.25) is 9.59 Å². The molecule has 6 nitrogen and oxygen atoms in total. The predicted octanol–water partition coefficient (Wildman–Crippen LogP) is -2.11. The number of carboxylic acid groups (broad SMARTS) is 2. The van der Waals surface area contributed by atoms with Gasteiger partial charge < -0.3 is 46.9 Å². The van der Waals surface area contributed by atoms with Crippen LogP contribution in [0.2, 0.25) is 0 Å². The van der Waals surface area contributed by atoms with Crippen LogP contribution >= 0.6 is 0 Å². The van der Waals surface area contributed by atoms with E-state index in [1.807, 2.05) is 0 Å². The van der Waals surface area contributed by atoms with Crippen LogP contribution in [0.5, 0.6) is 0 Å². The number of hydrogen-bond acceptors (Lipinski definition) is 6. The molecule has 9 heteroatoms. The zero-order chi connectivity index (χ0) is 11.7. The molecule has 0 aromatic rings. The number of aliphatic carboxylic acids is 2. The molecule has 0 aromatic carbocycles. The summed E-state index contributed by atoms with van der Waals surface area (Å²) in [6, 6.07) is -1.73. The molecule has 0 aromatic heterocycles. The van der Waals surface area contributed by atoms with E-state index in [1.54, 1.807) is 0 Å². The van der Waals surface area contributed by atoms with Crippen LogP contribution in [0.15, 0.2) is 0 Å². The van der Waals surface area contributed by atoms with Gasteiger partial charge in [-0.25, -0.2) is 0 Å². The van der Waals surface area contributed by atoms with E-state index in [0.29, 0.717) is 0 Å². The molecule has 2 atom stereocenters. The first kappa shape index (κ1) is 20.5. The summed E-state index contributed by atoms with van der Waals surface area (Å²) in [5, 5.41) is 16.0. The summed E-state index contributed by atoms with van der Waals surface area (Å²) < 4.78 is 0. The van der Waals surface area contributed by atoms with Crippen LogP contribution in [0, 0.1) is 0 Å². The van der Waals surface area contributed by atoms with Gasteiger partial charge in [0.2, 0.25) is 0 Å². The Kier molecular flexibility index (Phi) is 16.6. The third kappa shape index (κ3) is 14.1. The molecular formula is C6H12CuN2O4S2. The van der Waals surface area contributed by atoms with Crippen LogP contribution in [-0.4, -0.2) is 45.7 Å². The van der Waals surface area contributed by atoms with Crippen molar-refractivity contribution in [3.8, 4) is 0 Å². The maximum Gasteiger partial charge on any atom is 2.00 e. The van der Waals surface area contributed by atoms with Crippen molar-refractivity contribution >= 4 is 37.2 Å². The molecular weight excluding hydrogens is 292 g/mol. The van der Waals surface area contributed by atoms with Crippen LogP contribution < -0.4 is 11.5 Å².